The molecule has 0 radical (unpaired) electrons. The lowest BCUT2D eigenvalue weighted by Crippen LogP contribution is -2.69. The van der Waals surface area contributed by atoms with E-state index in [1.54, 1.807) is 5.32 Å². The van der Waals surface area contributed by atoms with E-state index in [9.17, 15) is 35.9 Å². The summed E-state index contributed by atoms with van der Waals surface area (Å²) >= 11 is 0. The summed E-state index contributed by atoms with van der Waals surface area (Å²) in [4.78, 5) is 22.8. The molecule has 140 valence electrons. The monoisotopic (exact) mass is 374 g/mol. The van der Waals surface area contributed by atoms with E-state index in [1.807, 2.05) is 0 Å². The summed E-state index contributed by atoms with van der Waals surface area (Å²) in [5.41, 5.74) is -4.05. The summed E-state index contributed by atoms with van der Waals surface area (Å²) in [5, 5.41) is 3.16. The first-order valence-electron chi connectivity index (χ1n) is 6.38. The van der Waals surface area contributed by atoms with E-state index in [2.05, 4.69) is 9.47 Å². The zero-order valence-corrected chi connectivity index (χ0v) is 12.7. The number of esters is 1. The molecule has 0 saturated heterocycles. The molecule has 0 spiro atoms. The number of methoxy groups -OCH3 is 1. The second kappa shape index (κ2) is 7.07. The number of nitrogens with one attached hydrogen (secondary N) is 2. The van der Waals surface area contributed by atoms with Crippen molar-refractivity contribution in [2.75, 3.05) is 12.4 Å². The van der Waals surface area contributed by atoms with Gasteiger partial charge in [0.25, 0.3) is 0 Å². The van der Waals surface area contributed by atoms with E-state index in [4.69, 9.17) is 0 Å². The summed E-state index contributed by atoms with van der Waals surface area (Å²) in [6.07, 6.45) is -10.3. The van der Waals surface area contributed by atoms with Gasteiger partial charge in [-0.3, -0.25) is 4.79 Å². The number of halogens is 6. The predicted molar refractivity (Wildman–Crippen MR) is 71.4 cm³/mol. The normalized spacial score (nSPS) is 14.2. The third-order valence-corrected chi connectivity index (χ3v) is 2.70. The zero-order valence-electron chi connectivity index (χ0n) is 12.7. The fraction of sp³-hybridized carbons (Fsp3) is 0.385. The van der Waals surface area contributed by atoms with Gasteiger partial charge in [-0.1, -0.05) is 0 Å². The largest absolute Gasteiger partial charge is 0.573 e. The van der Waals surface area contributed by atoms with Gasteiger partial charge in [-0.05, 0) is 24.3 Å². The first-order chi connectivity index (χ1) is 11.3. The molecular formula is C13H12F6N2O4. The number of hydrogen-bond acceptors (Lipinski definition) is 5. The highest BCUT2D eigenvalue weighted by molar-refractivity contribution is 5.90. The Morgan fingerprint density at radius 1 is 1.00 bits per heavy atom. The van der Waals surface area contributed by atoms with Gasteiger partial charge in [0.2, 0.25) is 5.91 Å². The molecule has 0 heterocycles. The van der Waals surface area contributed by atoms with E-state index in [0.29, 0.717) is 7.11 Å². The molecule has 12 heteroatoms. The average molecular weight is 374 g/mol. The number of amides is 1. The number of carbonyl (C=O) groups excluding carboxylic acids is 2. The van der Waals surface area contributed by atoms with Crippen molar-refractivity contribution in [1.29, 1.82) is 0 Å². The van der Waals surface area contributed by atoms with Gasteiger partial charge in [-0.2, -0.15) is 13.2 Å². The van der Waals surface area contributed by atoms with Crippen LogP contribution in [0.1, 0.15) is 6.92 Å². The van der Waals surface area contributed by atoms with E-state index in [0.717, 1.165) is 31.2 Å². The van der Waals surface area contributed by atoms with Crippen LogP contribution in [0.4, 0.5) is 32.0 Å². The van der Waals surface area contributed by atoms with Crippen molar-refractivity contribution < 1.29 is 45.4 Å². The first-order valence-corrected chi connectivity index (χ1v) is 6.38. The van der Waals surface area contributed by atoms with Crippen LogP contribution in [-0.4, -0.2) is 37.2 Å². The molecule has 0 unspecified atom stereocenters. The Hall–Kier alpha value is -2.66. The zero-order chi connectivity index (χ0) is 19.5. The van der Waals surface area contributed by atoms with Crippen LogP contribution in [0.5, 0.6) is 5.75 Å². The molecule has 1 aromatic carbocycles. The van der Waals surface area contributed by atoms with E-state index in [-0.39, 0.29) is 0 Å². The van der Waals surface area contributed by atoms with E-state index >= 15 is 0 Å². The minimum absolute atomic E-state index is 0.425. The minimum Gasteiger partial charge on any atom is -0.466 e. The fourth-order valence-electron chi connectivity index (χ4n) is 1.76. The number of anilines is 1. The third kappa shape index (κ3) is 5.16. The molecule has 0 aromatic heterocycles. The van der Waals surface area contributed by atoms with Crippen LogP contribution in [0.15, 0.2) is 24.3 Å². The highest BCUT2D eigenvalue weighted by atomic mass is 19.4. The smallest absolute Gasteiger partial charge is 0.466 e. The fourth-order valence-corrected chi connectivity index (χ4v) is 1.76. The Morgan fingerprint density at radius 2 is 1.52 bits per heavy atom. The van der Waals surface area contributed by atoms with Gasteiger partial charge in [0.15, 0.2) is 0 Å². The molecule has 0 saturated carbocycles. The highest BCUT2D eigenvalue weighted by Gasteiger charge is 2.63. The number of benzene rings is 1. The van der Waals surface area contributed by atoms with Gasteiger partial charge in [0.1, 0.15) is 5.75 Å². The van der Waals surface area contributed by atoms with Crippen LogP contribution in [0.3, 0.4) is 0 Å². The van der Waals surface area contributed by atoms with Crippen LogP contribution in [0.2, 0.25) is 0 Å². The Labute approximate surface area is 137 Å². The van der Waals surface area contributed by atoms with Gasteiger partial charge in [-0.25, -0.2) is 4.79 Å². The number of hydrogen-bond donors (Lipinski definition) is 2. The molecule has 25 heavy (non-hydrogen) atoms. The number of ether oxygens (including phenoxy) is 2. The van der Waals surface area contributed by atoms with Gasteiger partial charge in [0, 0.05) is 12.6 Å². The molecule has 0 fully saturated rings. The first kappa shape index (κ1) is 20.4. The second-order valence-corrected chi connectivity index (χ2v) is 4.62. The maximum atomic E-state index is 13.4. The molecule has 0 aliphatic rings. The van der Waals surface area contributed by atoms with Gasteiger partial charge >= 0.3 is 24.2 Å². The maximum absolute atomic E-state index is 13.4. The summed E-state index contributed by atoms with van der Waals surface area (Å²) in [5.74, 6) is -3.76. The highest BCUT2D eigenvalue weighted by Crippen LogP contribution is 2.33. The van der Waals surface area contributed by atoms with Gasteiger partial charge in [0.05, 0.1) is 7.11 Å². The average Bonchev–Trinajstić information content (AvgIpc) is 2.44. The summed E-state index contributed by atoms with van der Waals surface area (Å²) in [7, 11) is 0.673. The number of rotatable bonds is 5. The lowest BCUT2D eigenvalue weighted by atomic mass is 10.1. The van der Waals surface area contributed by atoms with Crippen molar-refractivity contribution in [3.63, 3.8) is 0 Å². The Kier molecular flexibility index (Phi) is 5.76. The van der Waals surface area contributed by atoms with E-state index < -0.39 is 41.5 Å². The topological polar surface area (TPSA) is 76.7 Å². The van der Waals surface area contributed by atoms with Gasteiger partial charge in [-0.15, -0.1) is 13.2 Å². The van der Waals surface area contributed by atoms with Crippen molar-refractivity contribution in [2.24, 2.45) is 0 Å². The van der Waals surface area contributed by atoms with Crippen LogP contribution in [-0.2, 0) is 14.3 Å². The number of carbonyl (C=O) groups is 2. The minimum atomic E-state index is -5.33. The Balaban J connectivity index is 3.21. The molecule has 1 aromatic rings. The molecule has 1 rings (SSSR count). The SMILES string of the molecule is COC(=O)[C@](NC(C)=O)(Nc1ccc(OC(F)(F)F)cc1)C(F)(F)F. The van der Waals surface area contributed by atoms with Crippen molar-refractivity contribution in [3.05, 3.63) is 24.3 Å². The molecule has 0 bridgehead atoms. The van der Waals surface area contributed by atoms with Crippen molar-refractivity contribution in [1.82, 2.24) is 5.32 Å². The Morgan fingerprint density at radius 3 is 1.88 bits per heavy atom. The predicted octanol–water partition coefficient (Wildman–Crippen LogP) is 2.56. The lowest BCUT2D eigenvalue weighted by Gasteiger charge is -2.34. The van der Waals surface area contributed by atoms with Crippen LogP contribution >= 0.6 is 0 Å². The molecule has 1 atom stereocenters. The number of alkyl halides is 6. The standard InChI is InChI=1S/C13H12F6N2O4/c1-7(22)20-11(10(23)24-2,12(14,15)16)21-8-3-5-9(6-4-8)25-13(17,18)19/h3-6,21H,1-2H3,(H,20,22)/t11-/m0/s1. The summed E-state index contributed by atoms with van der Waals surface area (Å²) < 4.78 is 84.1. The molecule has 1 amide bonds. The molecular weight excluding hydrogens is 362 g/mol. The summed E-state index contributed by atoms with van der Waals surface area (Å²) in [6, 6.07) is 3.04. The maximum Gasteiger partial charge on any atom is 0.573 e. The molecule has 0 aliphatic carbocycles. The quantitative estimate of drug-likeness (QED) is 0.471. The van der Waals surface area contributed by atoms with Crippen molar-refractivity contribution in [2.45, 2.75) is 25.1 Å². The van der Waals surface area contributed by atoms with Crippen LogP contribution < -0.4 is 15.4 Å². The van der Waals surface area contributed by atoms with Crippen LogP contribution in [0, 0.1) is 0 Å². The van der Waals surface area contributed by atoms with Gasteiger partial charge < -0.3 is 20.1 Å². The third-order valence-electron chi connectivity index (χ3n) is 2.70. The molecule has 2 N–H and O–H groups in total. The summed E-state index contributed by atoms with van der Waals surface area (Å²) in [6.45, 7) is 0.741. The Bertz CT molecular complexity index is 629. The van der Waals surface area contributed by atoms with Crippen molar-refractivity contribution >= 4 is 17.6 Å². The lowest BCUT2D eigenvalue weighted by molar-refractivity contribution is -0.274. The second-order valence-electron chi connectivity index (χ2n) is 4.62. The molecule has 0 aliphatic heterocycles. The van der Waals surface area contributed by atoms with Crippen LogP contribution in [0.25, 0.3) is 0 Å². The van der Waals surface area contributed by atoms with Crippen molar-refractivity contribution in [3.8, 4) is 5.75 Å². The molecule has 6 nitrogen and oxygen atoms in total. The van der Waals surface area contributed by atoms with E-state index in [1.165, 1.54) is 5.32 Å².